The fourth-order valence-corrected chi connectivity index (χ4v) is 1.36. The van der Waals surface area contributed by atoms with Crippen LogP contribution in [0.2, 0.25) is 0 Å². The molecule has 0 aromatic carbocycles. The summed E-state index contributed by atoms with van der Waals surface area (Å²) >= 11 is 0. The predicted octanol–water partition coefficient (Wildman–Crippen LogP) is 0.728. The van der Waals surface area contributed by atoms with Crippen LogP contribution in [0.5, 0.6) is 0 Å². The summed E-state index contributed by atoms with van der Waals surface area (Å²) in [6.45, 7) is 0. The molecule has 2 nitrogen and oxygen atoms in total. The second-order valence-corrected chi connectivity index (χ2v) is 2.53. The molecule has 2 fully saturated rings. The van der Waals surface area contributed by atoms with Crippen molar-refractivity contribution in [1.82, 2.24) is 0 Å². The largest absolute Gasteiger partial charge is 0.500 e. The van der Waals surface area contributed by atoms with E-state index < -0.39 is 0 Å². The van der Waals surface area contributed by atoms with Crippen LogP contribution in [0.1, 0.15) is 12.8 Å². The van der Waals surface area contributed by atoms with Gasteiger partial charge in [-0.3, -0.25) is 11.2 Å². The third-order valence-electron chi connectivity index (χ3n) is 1.84. The smallest absolute Gasteiger partial charge is 0.273 e. The number of carbonyl (C=O) groups is 1. The number of fused-ring (bicyclic) bond motifs is 2. The van der Waals surface area contributed by atoms with E-state index >= 15 is 0 Å². The fourth-order valence-electron chi connectivity index (χ4n) is 1.36. The van der Waals surface area contributed by atoms with Crippen molar-refractivity contribution in [2.24, 2.45) is 5.92 Å². The SMILES string of the molecule is O=C1OC2[CH-]C1C[CH-]C2.[Y]. The van der Waals surface area contributed by atoms with E-state index in [9.17, 15) is 4.79 Å². The minimum Gasteiger partial charge on any atom is -0.500 e. The molecule has 0 aromatic heterocycles. The molecular formula is C7H8O2Y-2. The van der Waals surface area contributed by atoms with Gasteiger partial charge in [0.2, 0.25) is 0 Å². The van der Waals surface area contributed by atoms with Crippen LogP contribution in [0.15, 0.2) is 0 Å². The zero-order valence-corrected chi connectivity index (χ0v) is 8.46. The van der Waals surface area contributed by atoms with Gasteiger partial charge in [0, 0.05) is 32.7 Å². The van der Waals surface area contributed by atoms with Gasteiger partial charge in [-0.15, -0.1) is 0 Å². The third-order valence-corrected chi connectivity index (χ3v) is 1.84. The van der Waals surface area contributed by atoms with Gasteiger partial charge in [-0.2, -0.15) is 12.8 Å². The van der Waals surface area contributed by atoms with E-state index in [2.05, 4.69) is 6.42 Å². The van der Waals surface area contributed by atoms with E-state index in [0.717, 1.165) is 12.8 Å². The number of esters is 1. The second kappa shape index (κ2) is 3.31. The van der Waals surface area contributed by atoms with Gasteiger partial charge >= 0.3 is 0 Å². The molecule has 1 radical (unpaired) electrons. The van der Waals surface area contributed by atoms with E-state index in [1.807, 2.05) is 6.42 Å². The minimum atomic E-state index is -0.0336. The number of hydrogen-bond donors (Lipinski definition) is 0. The molecule has 0 amide bonds. The zero-order chi connectivity index (χ0) is 6.27. The molecule has 1 aliphatic heterocycles. The van der Waals surface area contributed by atoms with Crippen molar-refractivity contribution in [3.63, 3.8) is 0 Å². The molecule has 1 saturated carbocycles. The third kappa shape index (κ3) is 1.43. The molecule has 0 aromatic rings. The molecule has 2 unspecified atom stereocenters. The van der Waals surface area contributed by atoms with E-state index in [4.69, 9.17) is 4.74 Å². The Bertz CT molecular complexity index is 147. The van der Waals surface area contributed by atoms with Crippen LogP contribution >= 0.6 is 0 Å². The average Bonchev–Trinajstić information content (AvgIpc) is 2.09. The molecule has 3 heteroatoms. The van der Waals surface area contributed by atoms with Crippen LogP contribution in [0.25, 0.3) is 0 Å². The molecule has 0 spiro atoms. The summed E-state index contributed by atoms with van der Waals surface area (Å²) in [5, 5.41) is 0. The summed E-state index contributed by atoms with van der Waals surface area (Å²) in [5.74, 6) is 0.0532. The van der Waals surface area contributed by atoms with Crippen molar-refractivity contribution in [2.45, 2.75) is 18.9 Å². The molecule has 2 bridgehead atoms. The zero-order valence-electron chi connectivity index (χ0n) is 5.62. The van der Waals surface area contributed by atoms with Gasteiger partial charge in [0.25, 0.3) is 5.97 Å². The summed E-state index contributed by atoms with van der Waals surface area (Å²) in [6.07, 6.45) is 6.04. The topological polar surface area (TPSA) is 26.3 Å². The first-order valence-corrected chi connectivity index (χ1v) is 3.23. The predicted molar refractivity (Wildman–Crippen MR) is 31.2 cm³/mol. The van der Waals surface area contributed by atoms with Crippen LogP contribution < -0.4 is 0 Å². The maximum Gasteiger partial charge on any atom is 0.273 e. The van der Waals surface area contributed by atoms with Crippen LogP contribution in [-0.4, -0.2) is 12.1 Å². The van der Waals surface area contributed by atoms with Gasteiger partial charge in [-0.1, -0.05) is 5.92 Å². The summed E-state index contributed by atoms with van der Waals surface area (Å²) < 4.78 is 4.96. The quantitative estimate of drug-likeness (QED) is 0.438. The Morgan fingerprint density at radius 1 is 1.50 bits per heavy atom. The molecule has 2 atom stereocenters. The number of carbonyl (C=O) groups excluding carboxylic acids is 1. The molecule has 1 aliphatic carbocycles. The van der Waals surface area contributed by atoms with Gasteiger partial charge in [-0.05, 0) is 6.10 Å². The van der Waals surface area contributed by atoms with Gasteiger partial charge in [-0.25, -0.2) is 0 Å². The van der Waals surface area contributed by atoms with Gasteiger partial charge < -0.3 is 11.2 Å². The molecule has 2 rings (SSSR count). The first kappa shape index (κ1) is 8.67. The Labute approximate surface area is 85.6 Å². The maximum atomic E-state index is 10.8. The number of ether oxygens (including phenoxy) is 1. The first-order chi connectivity index (χ1) is 4.36. The van der Waals surface area contributed by atoms with Crippen molar-refractivity contribution in [1.29, 1.82) is 0 Å². The van der Waals surface area contributed by atoms with Gasteiger partial charge in [0.15, 0.2) is 0 Å². The molecule has 1 saturated heterocycles. The van der Waals surface area contributed by atoms with Crippen molar-refractivity contribution in [3.05, 3.63) is 12.8 Å². The summed E-state index contributed by atoms with van der Waals surface area (Å²) in [4.78, 5) is 10.8. The molecular weight excluding hydrogens is 205 g/mol. The van der Waals surface area contributed by atoms with E-state index in [1.54, 1.807) is 0 Å². The van der Waals surface area contributed by atoms with Crippen LogP contribution in [-0.2, 0) is 42.2 Å². The summed E-state index contributed by atoms with van der Waals surface area (Å²) in [5.41, 5.74) is 0. The Balaban J connectivity index is 0.000000500. The van der Waals surface area contributed by atoms with Crippen LogP contribution in [0.4, 0.5) is 0 Å². The van der Waals surface area contributed by atoms with Crippen molar-refractivity contribution >= 4 is 5.97 Å². The van der Waals surface area contributed by atoms with Crippen molar-refractivity contribution < 1.29 is 42.2 Å². The standard InChI is InChI=1S/C7H8O2.Y/c8-7-5-2-1-3-6(4-5)9-7;/h1,4-6H,2-3H2;/q-2;. The van der Waals surface area contributed by atoms with Crippen molar-refractivity contribution in [3.8, 4) is 0 Å². The van der Waals surface area contributed by atoms with E-state index in [-0.39, 0.29) is 50.7 Å². The molecule has 10 heavy (non-hydrogen) atoms. The molecule has 0 N–H and O–H groups in total. The fraction of sp³-hybridized carbons (Fsp3) is 0.571. The van der Waals surface area contributed by atoms with Gasteiger partial charge in [0.1, 0.15) is 0 Å². The average molecular weight is 213 g/mol. The Hall–Kier alpha value is 0.574. The number of hydrogen-bond acceptors (Lipinski definition) is 2. The normalized spacial score (nSPS) is 36.6. The Morgan fingerprint density at radius 2 is 2.30 bits per heavy atom. The van der Waals surface area contributed by atoms with Crippen molar-refractivity contribution in [2.75, 3.05) is 0 Å². The minimum absolute atomic E-state index is 0. The first-order valence-electron chi connectivity index (χ1n) is 3.23. The Morgan fingerprint density at radius 3 is 2.90 bits per heavy atom. The van der Waals surface area contributed by atoms with E-state index in [1.165, 1.54) is 0 Å². The summed E-state index contributed by atoms with van der Waals surface area (Å²) in [7, 11) is 0. The van der Waals surface area contributed by atoms with Crippen LogP contribution in [0, 0.1) is 18.8 Å². The van der Waals surface area contributed by atoms with Crippen LogP contribution in [0.3, 0.4) is 0 Å². The Kier molecular flexibility index (Phi) is 2.87. The van der Waals surface area contributed by atoms with Gasteiger partial charge in [0.05, 0.1) is 0 Å². The molecule has 1 heterocycles. The van der Waals surface area contributed by atoms with E-state index in [0.29, 0.717) is 0 Å². The maximum absolute atomic E-state index is 10.8. The number of rotatable bonds is 0. The summed E-state index contributed by atoms with van der Waals surface area (Å²) in [6, 6.07) is 0. The monoisotopic (exact) mass is 213 g/mol. The second-order valence-electron chi connectivity index (χ2n) is 2.53. The molecule has 2 aliphatic rings. The molecule has 53 valence electrons.